The zero-order valence-corrected chi connectivity index (χ0v) is 20.7. The van der Waals surface area contributed by atoms with Crippen LogP contribution in [0.15, 0.2) is 71.3 Å². The lowest BCUT2D eigenvalue weighted by atomic mass is 10.0. The summed E-state index contributed by atoms with van der Waals surface area (Å²) in [6.45, 7) is 12.3. The molecule has 0 aromatic heterocycles. The van der Waals surface area contributed by atoms with Crippen molar-refractivity contribution in [2.24, 2.45) is 4.40 Å². The molecular formula is C25H30N2O2SSi. The molecule has 0 unspecified atom stereocenters. The summed E-state index contributed by atoms with van der Waals surface area (Å²) in [4.78, 5) is 2.21. The zero-order chi connectivity index (χ0) is 22.1. The summed E-state index contributed by atoms with van der Waals surface area (Å²) in [7, 11) is -1.84. The predicted molar refractivity (Wildman–Crippen MR) is 134 cm³/mol. The summed E-state index contributed by atoms with van der Waals surface area (Å²) in [6.07, 6.45) is 6.30. The first-order chi connectivity index (χ1) is 14.7. The number of nitrogens with zero attached hydrogens (tertiary/aromatic N) is 2. The monoisotopic (exact) mass is 450 g/mol. The minimum atomic E-state index is -1.84. The number of fused-ring (bicyclic) bond motifs is 1. The normalized spacial score (nSPS) is 16.4. The second-order valence-electron chi connectivity index (χ2n) is 9.32. The third-order valence-corrected chi connectivity index (χ3v) is 11.0. The Morgan fingerprint density at radius 2 is 1.55 bits per heavy atom. The van der Waals surface area contributed by atoms with Crippen LogP contribution in [0.25, 0.3) is 5.57 Å². The van der Waals surface area contributed by atoms with Crippen LogP contribution < -0.4 is 9.16 Å². The van der Waals surface area contributed by atoms with Crippen molar-refractivity contribution in [3.63, 3.8) is 0 Å². The van der Waals surface area contributed by atoms with Gasteiger partial charge < -0.3 is 14.1 Å². The molecule has 2 aromatic rings. The van der Waals surface area contributed by atoms with Crippen LogP contribution in [0.3, 0.4) is 0 Å². The van der Waals surface area contributed by atoms with Crippen molar-refractivity contribution in [2.45, 2.75) is 38.9 Å². The SMILES string of the molecule is CC(C)(C)[Si](C)(C)Oc1ccc(Oc2ccc(C3=CC=CN4CCSN=C34)cc2)cc1. The minimum Gasteiger partial charge on any atom is -0.543 e. The third-order valence-electron chi connectivity index (χ3n) is 6.02. The second kappa shape index (κ2) is 8.59. The molecule has 2 aliphatic heterocycles. The molecule has 0 aliphatic carbocycles. The number of allylic oxidation sites excluding steroid dienone is 2. The first kappa shape index (κ1) is 21.8. The van der Waals surface area contributed by atoms with Gasteiger partial charge in [0.2, 0.25) is 8.32 Å². The van der Waals surface area contributed by atoms with Gasteiger partial charge in [-0.15, -0.1) is 0 Å². The van der Waals surface area contributed by atoms with Gasteiger partial charge in [0.25, 0.3) is 0 Å². The van der Waals surface area contributed by atoms with Crippen LogP contribution in [0.4, 0.5) is 0 Å². The van der Waals surface area contributed by atoms with Gasteiger partial charge >= 0.3 is 0 Å². The van der Waals surface area contributed by atoms with Gasteiger partial charge in [-0.1, -0.05) is 32.9 Å². The maximum absolute atomic E-state index is 6.35. The lowest BCUT2D eigenvalue weighted by molar-refractivity contribution is 0.474. The van der Waals surface area contributed by atoms with Crippen LogP contribution in [0, 0.1) is 0 Å². The van der Waals surface area contributed by atoms with Crippen LogP contribution in [0.2, 0.25) is 18.1 Å². The molecule has 2 aromatic carbocycles. The van der Waals surface area contributed by atoms with Gasteiger partial charge in [-0.25, -0.2) is 0 Å². The highest BCUT2D eigenvalue weighted by Gasteiger charge is 2.38. The fraction of sp³-hybridized carbons (Fsp3) is 0.320. The minimum absolute atomic E-state index is 0.173. The quantitative estimate of drug-likeness (QED) is 0.358. The highest BCUT2D eigenvalue weighted by Crippen LogP contribution is 2.38. The predicted octanol–water partition coefficient (Wildman–Crippen LogP) is 7.14. The van der Waals surface area contributed by atoms with Gasteiger partial charge in [0.15, 0.2) is 0 Å². The Morgan fingerprint density at radius 3 is 2.19 bits per heavy atom. The van der Waals surface area contributed by atoms with Crippen molar-refractivity contribution in [1.82, 2.24) is 4.90 Å². The van der Waals surface area contributed by atoms with E-state index in [-0.39, 0.29) is 5.04 Å². The van der Waals surface area contributed by atoms with Crippen molar-refractivity contribution in [1.29, 1.82) is 0 Å². The molecule has 6 heteroatoms. The molecule has 0 N–H and O–H groups in total. The molecule has 4 rings (SSSR count). The van der Waals surface area contributed by atoms with Gasteiger partial charge in [0, 0.05) is 24.1 Å². The van der Waals surface area contributed by atoms with Gasteiger partial charge in [0.1, 0.15) is 23.1 Å². The summed E-state index contributed by atoms with van der Waals surface area (Å²) in [5.74, 6) is 4.57. The fourth-order valence-corrected chi connectivity index (χ4v) is 4.89. The fourth-order valence-electron chi connectivity index (χ4n) is 3.16. The first-order valence-corrected chi connectivity index (χ1v) is 14.5. The highest BCUT2D eigenvalue weighted by atomic mass is 32.2. The van der Waals surface area contributed by atoms with E-state index in [9.17, 15) is 0 Å². The molecule has 0 radical (unpaired) electrons. The number of hydrogen-bond donors (Lipinski definition) is 0. The lowest BCUT2D eigenvalue weighted by Gasteiger charge is -2.36. The average Bonchev–Trinajstić information content (AvgIpc) is 2.74. The summed E-state index contributed by atoms with van der Waals surface area (Å²) < 4.78 is 17.1. The molecule has 0 bridgehead atoms. The van der Waals surface area contributed by atoms with Gasteiger partial charge in [-0.05, 0) is 84.2 Å². The second-order valence-corrected chi connectivity index (χ2v) is 14.9. The van der Waals surface area contributed by atoms with Crippen LogP contribution >= 0.6 is 11.9 Å². The molecule has 0 saturated heterocycles. The number of hydrogen-bond acceptors (Lipinski definition) is 5. The Kier molecular flexibility index (Phi) is 6.04. The first-order valence-electron chi connectivity index (χ1n) is 10.7. The van der Waals surface area contributed by atoms with E-state index in [2.05, 4.69) is 73.6 Å². The largest absolute Gasteiger partial charge is 0.543 e. The Bertz CT molecular complexity index is 1020. The number of amidine groups is 1. The van der Waals surface area contributed by atoms with E-state index in [0.29, 0.717) is 0 Å². The van der Waals surface area contributed by atoms with Gasteiger partial charge in [-0.3, -0.25) is 0 Å². The van der Waals surface area contributed by atoms with Crippen LogP contribution in [-0.2, 0) is 0 Å². The summed E-state index contributed by atoms with van der Waals surface area (Å²) in [6, 6.07) is 16.1. The maximum Gasteiger partial charge on any atom is 0.250 e. The van der Waals surface area contributed by atoms with Gasteiger partial charge in [0.05, 0.1) is 0 Å². The maximum atomic E-state index is 6.35. The third kappa shape index (κ3) is 4.91. The number of rotatable bonds is 5. The van der Waals surface area contributed by atoms with E-state index in [1.807, 2.05) is 36.4 Å². The molecule has 2 aliphatic rings. The molecule has 31 heavy (non-hydrogen) atoms. The average molecular weight is 451 g/mol. The van der Waals surface area contributed by atoms with Crippen molar-refractivity contribution >= 4 is 31.7 Å². The summed E-state index contributed by atoms with van der Waals surface area (Å²) in [5.41, 5.74) is 2.29. The smallest absolute Gasteiger partial charge is 0.250 e. The molecule has 162 valence electrons. The molecule has 2 heterocycles. The van der Waals surface area contributed by atoms with Crippen molar-refractivity contribution in [3.8, 4) is 17.2 Å². The molecular weight excluding hydrogens is 420 g/mol. The van der Waals surface area contributed by atoms with Crippen molar-refractivity contribution < 1.29 is 9.16 Å². The number of ether oxygens (including phenoxy) is 1. The van der Waals surface area contributed by atoms with E-state index in [4.69, 9.17) is 9.16 Å². The van der Waals surface area contributed by atoms with E-state index >= 15 is 0 Å². The zero-order valence-electron chi connectivity index (χ0n) is 18.9. The molecule has 0 saturated carbocycles. The van der Waals surface area contributed by atoms with Crippen molar-refractivity contribution in [3.05, 3.63) is 72.4 Å². The van der Waals surface area contributed by atoms with E-state index < -0.39 is 8.32 Å². The molecule has 0 atom stereocenters. The number of benzene rings is 2. The molecule has 0 spiro atoms. The van der Waals surface area contributed by atoms with Gasteiger partial charge in [-0.2, -0.15) is 4.40 Å². The topological polar surface area (TPSA) is 34.1 Å². The van der Waals surface area contributed by atoms with Crippen LogP contribution in [0.5, 0.6) is 17.2 Å². The summed E-state index contributed by atoms with van der Waals surface area (Å²) in [5, 5.41) is 0.173. The Hall–Kier alpha value is -2.44. The Morgan fingerprint density at radius 1 is 0.935 bits per heavy atom. The summed E-state index contributed by atoms with van der Waals surface area (Å²) >= 11 is 1.63. The lowest BCUT2D eigenvalue weighted by Crippen LogP contribution is -2.43. The molecule has 4 nitrogen and oxygen atoms in total. The standard InChI is InChI=1S/C25H30N2O2SSi/c1-25(2,3)31(4,5)29-22-14-12-21(13-15-22)28-20-10-8-19(9-11-20)23-7-6-16-27-17-18-30-26-24(23)27/h6-16H,17-18H2,1-5H3. The van der Waals surface area contributed by atoms with E-state index in [0.717, 1.165) is 46.5 Å². The van der Waals surface area contributed by atoms with Crippen molar-refractivity contribution in [2.75, 3.05) is 12.3 Å². The highest BCUT2D eigenvalue weighted by molar-refractivity contribution is 7.98. The van der Waals surface area contributed by atoms with Crippen LogP contribution in [-0.4, -0.2) is 31.4 Å². The molecule has 0 fully saturated rings. The van der Waals surface area contributed by atoms with E-state index in [1.165, 1.54) is 0 Å². The Labute approximate surface area is 190 Å². The van der Waals surface area contributed by atoms with Crippen LogP contribution in [0.1, 0.15) is 26.3 Å². The van der Waals surface area contributed by atoms with E-state index in [1.54, 1.807) is 11.9 Å². The molecule has 0 amide bonds. The Balaban J connectivity index is 1.43.